The molecule has 61 heavy (non-hydrogen) atoms. The van der Waals surface area contributed by atoms with Crippen molar-refractivity contribution in [3.8, 4) is 22.4 Å². The molecule has 0 fully saturated rings. The number of nitrogens with zero attached hydrogens (tertiary/aromatic N) is 3. The third-order valence-corrected chi connectivity index (χ3v) is 12.9. The highest BCUT2D eigenvalue weighted by Crippen LogP contribution is 2.47. The van der Waals surface area contributed by atoms with E-state index in [-0.39, 0.29) is 28.4 Å². The Bertz CT molecular complexity index is 2620. The van der Waals surface area contributed by atoms with Gasteiger partial charge in [0.2, 0.25) is 0 Å². The lowest BCUT2D eigenvalue weighted by molar-refractivity contribution is 0.590. The monoisotopic (exact) mass is 797 g/mol. The van der Waals surface area contributed by atoms with Gasteiger partial charge in [-0.1, -0.05) is 162 Å². The smallest absolute Gasteiger partial charge is 0.252 e. The van der Waals surface area contributed by atoms with Gasteiger partial charge < -0.3 is 9.80 Å². The second-order valence-electron chi connectivity index (χ2n) is 21.5. The molecule has 0 radical (unpaired) electrons. The van der Waals surface area contributed by atoms with Gasteiger partial charge in [-0.3, -0.25) is 4.98 Å². The highest BCUT2D eigenvalue weighted by Gasteiger charge is 2.44. The van der Waals surface area contributed by atoms with Gasteiger partial charge in [-0.05, 0) is 132 Å². The summed E-state index contributed by atoms with van der Waals surface area (Å²) in [5.41, 5.74) is 20.9. The zero-order valence-electron chi connectivity index (χ0n) is 38.3. The lowest BCUT2D eigenvalue weighted by Gasteiger charge is -2.45. The number of fused-ring (bicyclic) bond motifs is 4. The first-order valence-corrected chi connectivity index (χ1v) is 22.1. The van der Waals surface area contributed by atoms with E-state index in [0.717, 1.165) is 33.8 Å². The van der Waals surface area contributed by atoms with E-state index in [1.54, 1.807) is 0 Å². The molecule has 1 aromatic heterocycles. The van der Waals surface area contributed by atoms with Crippen LogP contribution in [-0.2, 0) is 21.7 Å². The van der Waals surface area contributed by atoms with E-state index >= 15 is 0 Å². The van der Waals surface area contributed by atoms with Gasteiger partial charge in [0.1, 0.15) is 0 Å². The normalized spacial score (nSPS) is 13.8. The van der Waals surface area contributed by atoms with Crippen LogP contribution in [0.25, 0.3) is 22.4 Å². The summed E-state index contributed by atoms with van der Waals surface area (Å²) in [5, 5.41) is 0. The van der Waals surface area contributed by atoms with Crippen LogP contribution in [0.4, 0.5) is 34.1 Å². The van der Waals surface area contributed by atoms with Crippen LogP contribution in [0, 0.1) is 0 Å². The Morgan fingerprint density at radius 2 is 0.803 bits per heavy atom. The van der Waals surface area contributed by atoms with Crippen molar-refractivity contribution in [3.63, 3.8) is 0 Å². The summed E-state index contributed by atoms with van der Waals surface area (Å²) >= 11 is 0. The molecule has 9 rings (SSSR count). The Labute approximate surface area is 365 Å². The Balaban J connectivity index is 1.39. The largest absolute Gasteiger partial charge is 0.311 e. The second kappa shape index (κ2) is 14.4. The maximum absolute atomic E-state index is 4.86. The zero-order chi connectivity index (χ0) is 43.2. The molecule has 0 unspecified atom stereocenters. The fourth-order valence-electron chi connectivity index (χ4n) is 9.26. The van der Waals surface area contributed by atoms with Gasteiger partial charge >= 0.3 is 0 Å². The van der Waals surface area contributed by atoms with Gasteiger partial charge in [-0.2, -0.15) is 0 Å². The standard InChI is InChI=1S/C57H60BN3/c1-54(2,3)40-18-24-44(25-19-40)60-49-28-22-42(56(7,8)9)35-46(49)58-47-36-43(57(10,11)12)23-29-50(47)61(45-26-20-41(21-27-45)55(4,5)6)52-34-39(33-51(60)53(52)58)38-30-31-59-48(32-38)37-16-14-13-15-17-37/h13-36H,1-12H3. The Kier molecular flexibility index (Phi) is 9.55. The van der Waals surface area contributed by atoms with E-state index in [2.05, 4.69) is 232 Å². The Morgan fingerprint density at radius 1 is 0.377 bits per heavy atom. The molecule has 3 nitrogen and oxygen atoms in total. The molecule has 0 amide bonds. The quantitative estimate of drug-likeness (QED) is 0.165. The molecule has 4 heteroatoms. The molecule has 7 aromatic rings. The van der Waals surface area contributed by atoms with Crippen molar-refractivity contribution in [3.05, 3.63) is 168 Å². The molecule has 0 spiro atoms. The first kappa shape index (κ1) is 40.5. The fraction of sp³-hybridized carbons (Fsp3) is 0.281. The third kappa shape index (κ3) is 7.28. The van der Waals surface area contributed by atoms with Crippen molar-refractivity contribution >= 4 is 57.2 Å². The van der Waals surface area contributed by atoms with Crippen LogP contribution in [0.15, 0.2) is 146 Å². The predicted molar refractivity (Wildman–Crippen MR) is 264 cm³/mol. The summed E-state index contributed by atoms with van der Waals surface area (Å²) in [7, 11) is 0. The molecule has 0 N–H and O–H groups in total. The molecule has 0 atom stereocenters. The van der Waals surface area contributed by atoms with Crippen molar-refractivity contribution < 1.29 is 0 Å². The second-order valence-corrected chi connectivity index (χ2v) is 21.5. The lowest BCUT2D eigenvalue weighted by atomic mass is 9.33. The maximum Gasteiger partial charge on any atom is 0.252 e. The topological polar surface area (TPSA) is 19.4 Å². The highest BCUT2D eigenvalue weighted by molar-refractivity contribution is 7.00. The van der Waals surface area contributed by atoms with E-state index in [9.17, 15) is 0 Å². The number of anilines is 6. The van der Waals surface area contributed by atoms with Crippen molar-refractivity contribution in [1.29, 1.82) is 0 Å². The van der Waals surface area contributed by atoms with Crippen LogP contribution < -0.4 is 26.2 Å². The number of pyridine rings is 1. The maximum atomic E-state index is 4.86. The molecule has 2 aliphatic rings. The minimum Gasteiger partial charge on any atom is -0.311 e. The predicted octanol–water partition coefficient (Wildman–Crippen LogP) is 13.7. The number of aromatic nitrogens is 1. The van der Waals surface area contributed by atoms with Gasteiger partial charge in [0.05, 0.1) is 5.69 Å². The summed E-state index contributed by atoms with van der Waals surface area (Å²) in [4.78, 5) is 9.96. The molecule has 0 bridgehead atoms. The summed E-state index contributed by atoms with van der Waals surface area (Å²) < 4.78 is 0. The summed E-state index contributed by atoms with van der Waals surface area (Å²) in [6.07, 6.45) is 1.96. The van der Waals surface area contributed by atoms with Gasteiger partial charge in [0.25, 0.3) is 6.71 Å². The van der Waals surface area contributed by atoms with Crippen LogP contribution >= 0.6 is 0 Å². The fourth-order valence-corrected chi connectivity index (χ4v) is 9.26. The minimum absolute atomic E-state index is 0.0150. The number of hydrogen-bond acceptors (Lipinski definition) is 3. The van der Waals surface area contributed by atoms with E-state index in [4.69, 9.17) is 4.98 Å². The van der Waals surface area contributed by atoms with Gasteiger partial charge in [-0.25, -0.2) is 0 Å². The van der Waals surface area contributed by atoms with Crippen LogP contribution in [0.1, 0.15) is 105 Å². The molecular weight excluding hydrogens is 737 g/mol. The molecule has 6 aromatic carbocycles. The molecule has 306 valence electrons. The van der Waals surface area contributed by atoms with Crippen LogP contribution in [0.2, 0.25) is 0 Å². The van der Waals surface area contributed by atoms with Crippen molar-refractivity contribution in [2.45, 2.75) is 105 Å². The Morgan fingerprint density at radius 3 is 1.23 bits per heavy atom. The molecule has 0 saturated heterocycles. The van der Waals surface area contributed by atoms with Crippen LogP contribution in [0.5, 0.6) is 0 Å². The molecular formula is C57H60BN3. The van der Waals surface area contributed by atoms with Gasteiger partial charge in [0, 0.05) is 45.9 Å². The third-order valence-electron chi connectivity index (χ3n) is 12.9. The van der Waals surface area contributed by atoms with E-state index in [1.165, 1.54) is 61.4 Å². The van der Waals surface area contributed by atoms with E-state index in [0.29, 0.717) is 0 Å². The number of benzene rings is 6. The van der Waals surface area contributed by atoms with Crippen molar-refractivity contribution in [1.82, 2.24) is 4.98 Å². The highest BCUT2D eigenvalue weighted by atomic mass is 15.2. The van der Waals surface area contributed by atoms with Crippen LogP contribution in [-0.4, -0.2) is 11.7 Å². The average molecular weight is 798 g/mol. The summed E-state index contributed by atoms with van der Waals surface area (Å²) in [6.45, 7) is 27.8. The molecule has 0 aliphatic carbocycles. The van der Waals surface area contributed by atoms with Gasteiger partial charge in [0.15, 0.2) is 0 Å². The Hall–Kier alpha value is -5.87. The number of rotatable bonds is 4. The SMILES string of the molecule is CC(C)(C)c1ccc(N2c3ccc(C(C)(C)C)cc3B3c4cc(C(C)(C)C)ccc4N(c4ccc(C(C)(C)C)cc4)c4cc(-c5ccnc(-c6ccccc6)c5)cc2c43)cc1. The van der Waals surface area contributed by atoms with Crippen molar-refractivity contribution in [2.75, 3.05) is 9.80 Å². The summed E-state index contributed by atoms with van der Waals surface area (Å²) in [6, 6.07) is 53.0. The first-order valence-electron chi connectivity index (χ1n) is 22.1. The number of hydrogen-bond donors (Lipinski definition) is 0. The minimum atomic E-state index is -0.0232. The first-order chi connectivity index (χ1) is 28.8. The molecule has 0 saturated carbocycles. The van der Waals surface area contributed by atoms with E-state index in [1.807, 2.05) is 6.20 Å². The molecule has 3 heterocycles. The lowest BCUT2D eigenvalue weighted by Crippen LogP contribution is -2.61. The molecule has 2 aliphatic heterocycles. The van der Waals surface area contributed by atoms with Gasteiger partial charge in [-0.15, -0.1) is 0 Å². The van der Waals surface area contributed by atoms with E-state index < -0.39 is 0 Å². The van der Waals surface area contributed by atoms with Crippen LogP contribution in [0.3, 0.4) is 0 Å². The zero-order valence-corrected chi connectivity index (χ0v) is 38.3. The average Bonchev–Trinajstić information content (AvgIpc) is 3.22. The summed E-state index contributed by atoms with van der Waals surface area (Å²) in [5.74, 6) is 0. The van der Waals surface area contributed by atoms with Crippen molar-refractivity contribution in [2.24, 2.45) is 0 Å².